The number of hydrogen-bond acceptors (Lipinski definition) is 2. The summed E-state index contributed by atoms with van der Waals surface area (Å²) in [6.45, 7) is 0. The van der Waals surface area contributed by atoms with Gasteiger partial charge in [-0.15, -0.1) is 0 Å². The molecule has 110 valence electrons. The second-order valence-corrected chi connectivity index (χ2v) is 4.02. The van der Waals surface area contributed by atoms with E-state index >= 15 is 0 Å². The third-order valence-corrected chi connectivity index (χ3v) is 2.65. The van der Waals surface area contributed by atoms with Gasteiger partial charge in [0.1, 0.15) is 0 Å². The topological polar surface area (TPSA) is 50.2 Å². The lowest BCUT2D eigenvalue weighted by Crippen LogP contribution is -2.10. The molecule has 0 spiro atoms. The highest BCUT2D eigenvalue weighted by atomic mass is 19.2. The predicted molar refractivity (Wildman–Crippen MR) is 60.8 cm³/mol. The van der Waals surface area contributed by atoms with Gasteiger partial charge in [-0.25, -0.2) is 22.5 Å². The summed E-state index contributed by atoms with van der Waals surface area (Å²) in [5.74, 6) is -9.69. The molecule has 8 heteroatoms. The Morgan fingerprint density at radius 2 is 1.71 bits per heavy atom. The number of pyridine rings is 1. The molecule has 1 aromatic carbocycles. The number of aromatic nitrogens is 1. The van der Waals surface area contributed by atoms with Crippen molar-refractivity contribution in [2.24, 2.45) is 0 Å². The average molecular weight is 303 g/mol. The molecular formula is C13H6F5NO2. The van der Waals surface area contributed by atoms with Crippen molar-refractivity contribution < 1.29 is 31.9 Å². The maximum atomic E-state index is 14.0. The van der Waals surface area contributed by atoms with Crippen LogP contribution in [0, 0.1) is 29.2 Å². The minimum Gasteiger partial charge on any atom is -0.481 e. The lowest BCUT2D eigenvalue weighted by molar-refractivity contribution is -0.136. The van der Waals surface area contributed by atoms with E-state index in [0.717, 1.165) is 12.1 Å². The van der Waals surface area contributed by atoms with Gasteiger partial charge in [0.2, 0.25) is 5.95 Å². The van der Waals surface area contributed by atoms with E-state index in [9.17, 15) is 26.7 Å². The molecular weight excluding hydrogens is 297 g/mol. The zero-order valence-corrected chi connectivity index (χ0v) is 10.1. The highest BCUT2D eigenvalue weighted by molar-refractivity contribution is 5.72. The van der Waals surface area contributed by atoms with E-state index in [1.165, 1.54) is 0 Å². The van der Waals surface area contributed by atoms with Crippen LogP contribution in [0.25, 0.3) is 11.1 Å². The van der Waals surface area contributed by atoms with E-state index < -0.39 is 58.4 Å². The summed E-state index contributed by atoms with van der Waals surface area (Å²) >= 11 is 0. The maximum Gasteiger partial charge on any atom is 0.309 e. The molecule has 1 N–H and O–H groups in total. The molecule has 0 aliphatic rings. The van der Waals surface area contributed by atoms with Gasteiger partial charge in [-0.2, -0.15) is 4.39 Å². The molecule has 0 saturated carbocycles. The van der Waals surface area contributed by atoms with Gasteiger partial charge in [0.15, 0.2) is 23.3 Å². The first-order valence-electron chi connectivity index (χ1n) is 5.52. The van der Waals surface area contributed by atoms with Crippen molar-refractivity contribution in [3.8, 4) is 11.1 Å². The van der Waals surface area contributed by atoms with Crippen LogP contribution < -0.4 is 0 Å². The Kier molecular flexibility index (Phi) is 3.88. The van der Waals surface area contributed by atoms with Gasteiger partial charge in [-0.1, -0.05) is 12.1 Å². The zero-order valence-electron chi connectivity index (χ0n) is 10.1. The summed E-state index contributed by atoms with van der Waals surface area (Å²) in [5, 5.41) is 8.55. The van der Waals surface area contributed by atoms with Crippen LogP contribution >= 0.6 is 0 Å². The van der Waals surface area contributed by atoms with E-state index in [-0.39, 0.29) is 0 Å². The number of aliphatic carboxylic acids is 1. The zero-order chi connectivity index (χ0) is 15.7. The van der Waals surface area contributed by atoms with Crippen molar-refractivity contribution in [3.63, 3.8) is 0 Å². The van der Waals surface area contributed by atoms with Gasteiger partial charge in [-0.3, -0.25) is 4.79 Å². The third-order valence-electron chi connectivity index (χ3n) is 2.65. The smallest absolute Gasteiger partial charge is 0.309 e. The third kappa shape index (κ3) is 2.69. The normalized spacial score (nSPS) is 10.7. The monoisotopic (exact) mass is 303 g/mol. The largest absolute Gasteiger partial charge is 0.481 e. The molecule has 0 aliphatic carbocycles. The molecule has 0 atom stereocenters. The quantitative estimate of drug-likeness (QED) is 0.700. The first kappa shape index (κ1) is 14.9. The molecule has 3 nitrogen and oxygen atoms in total. The molecule has 1 aromatic heterocycles. The highest BCUT2D eigenvalue weighted by Gasteiger charge is 2.25. The van der Waals surface area contributed by atoms with Crippen LogP contribution in [-0.4, -0.2) is 16.1 Å². The predicted octanol–water partition coefficient (Wildman–Crippen LogP) is 3.07. The summed E-state index contributed by atoms with van der Waals surface area (Å²) in [6.07, 6.45) is -1.03. The van der Waals surface area contributed by atoms with Crippen LogP contribution in [0.3, 0.4) is 0 Å². The van der Waals surface area contributed by atoms with Gasteiger partial charge in [-0.05, 0) is 6.07 Å². The first-order chi connectivity index (χ1) is 9.82. The van der Waals surface area contributed by atoms with Gasteiger partial charge in [0, 0.05) is 5.56 Å². The summed E-state index contributed by atoms with van der Waals surface area (Å²) in [5.41, 5.74) is -2.98. The van der Waals surface area contributed by atoms with Gasteiger partial charge in [0.05, 0.1) is 17.7 Å². The van der Waals surface area contributed by atoms with Crippen LogP contribution in [0.1, 0.15) is 5.69 Å². The standard InChI is InChI=1S/C13H6F5NO2/c14-6-3-1-2-5(10(6)15)9-11(16)7(4-8(20)21)19-13(18)12(9)17/h1-3H,4H2,(H,20,21). The summed E-state index contributed by atoms with van der Waals surface area (Å²) in [7, 11) is 0. The molecule has 0 fully saturated rings. The van der Waals surface area contributed by atoms with E-state index in [4.69, 9.17) is 5.11 Å². The average Bonchev–Trinajstić information content (AvgIpc) is 2.40. The maximum absolute atomic E-state index is 14.0. The second kappa shape index (κ2) is 5.47. The molecule has 21 heavy (non-hydrogen) atoms. The Hall–Kier alpha value is -2.51. The summed E-state index contributed by atoms with van der Waals surface area (Å²) in [6, 6.07) is 2.52. The van der Waals surface area contributed by atoms with Crippen LogP contribution in [0.5, 0.6) is 0 Å². The molecule has 0 bridgehead atoms. The van der Waals surface area contributed by atoms with Crippen molar-refractivity contribution in [2.75, 3.05) is 0 Å². The van der Waals surface area contributed by atoms with Crippen LogP contribution in [0.2, 0.25) is 0 Å². The number of carboxylic acid groups (broad SMARTS) is 1. The lowest BCUT2D eigenvalue weighted by Gasteiger charge is -2.10. The Bertz CT molecular complexity index is 733. The number of nitrogens with zero attached hydrogens (tertiary/aromatic N) is 1. The lowest BCUT2D eigenvalue weighted by atomic mass is 10.0. The van der Waals surface area contributed by atoms with Gasteiger partial charge >= 0.3 is 5.97 Å². The van der Waals surface area contributed by atoms with Gasteiger partial charge in [0.25, 0.3) is 0 Å². The molecule has 0 radical (unpaired) electrons. The number of rotatable bonds is 3. The molecule has 2 aromatic rings. The fourth-order valence-electron chi connectivity index (χ4n) is 1.75. The van der Waals surface area contributed by atoms with Crippen molar-refractivity contribution in [1.82, 2.24) is 4.98 Å². The van der Waals surface area contributed by atoms with Crippen molar-refractivity contribution in [2.45, 2.75) is 6.42 Å². The fourth-order valence-corrected chi connectivity index (χ4v) is 1.75. The molecule has 1 heterocycles. The Morgan fingerprint density at radius 3 is 2.33 bits per heavy atom. The molecule has 2 rings (SSSR count). The van der Waals surface area contributed by atoms with Crippen molar-refractivity contribution >= 4 is 5.97 Å². The van der Waals surface area contributed by atoms with Gasteiger partial charge < -0.3 is 5.11 Å². The van der Waals surface area contributed by atoms with Crippen LogP contribution in [-0.2, 0) is 11.2 Å². The molecule has 0 amide bonds. The van der Waals surface area contributed by atoms with Crippen molar-refractivity contribution in [1.29, 1.82) is 0 Å². The second-order valence-electron chi connectivity index (χ2n) is 4.02. The number of hydrogen-bond donors (Lipinski definition) is 1. The highest BCUT2D eigenvalue weighted by Crippen LogP contribution is 2.31. The molecule has 0 aliphatic heterocycles. The first-order valence-corrected chi connectivity index (χ1v) is 5.52. The van der Waals surface area contributed by atoms with E-state index in [0.29, 0.717) is 6.07 Å². The molecule has 0 unspecified atom stereocenters. The minimum absolute atomic E-state index is 0.713. The number of benzene rings is 1. The minimum atomic E-state index is -1.83. The fraction of sp³-hybridized carbons (Fsp3) is 0.0769. The number of halogens is 5. The van der Waals surface area contributed by atoms with Crippen LogP contribution in [0.4, 0.5) is 22.0 Å². The van der Waals surface area contributed by atoms with Crippen LogP contribution in [0.15, 0.2) is 18.2 Å². The van der Waals surface area contributed by atoms with E-state index in [2.05, 4.69) is 4.98 Å². The summed E-state index contributed by atoms with van der Waals surface area (Å²) in [4.78, 5) is 13.4. The summed E-state index contributed by atoms with van der Waals surface area (Å²) < 4.78 is 67.8. The van der Waals surface area contributed by atoms with Crippen molar-refractivity contribution in [3.05, 3.63) is 53.1 Å². The number of carbonyl (C=O) groups is 1. The Labute approximate surface area is 114 Å². The Balaban J connectivity index is 2.76. The molecule has 0 saturated heterocycles. The Morgan fingerprint density at radius 1 is 1.05 bits per heavy atom. The van der Waals surface area contributed by atoms with E-state index in [1.807, 2.05) is 0 Å². The van der Waals surface area contributed by atoms with E-state index in [1.54, 1.807) is 0 Å². The SMILES string of the molecule is O=C(O)Cc1nc(F)c(F)c(-c2cccc(F)c2F)c1F. The number of carboxylic acids is 1.